The molecule has 4 aromatic rings. The van der Waals surface area contributed by atoms with Crippen molar-refractivity contribution < 1.29 is 17.2 Å². The molecule has 10 heteroatoms. The number of pyridine rings is 2. The number of hydrogen-bond acceptors (Lipinski definition) is 7. The number of aryl methyl sites for hydroxylation is 1. The van der Waals surface area contributed by atoms with E-state index in [1.165, 1.54) is 29.8 Å². The maximum atomic E-state index is 12.9. The number of amides is 2. The van der Waals surface area contributed by atoms with E-state index in [-0.39, 0.29) is 14.3 Å². The SMILES string of the molecule is COc1ncccc1-c1cn2ncc(C(=O)Nc3cc(C(N)=O)cnc3C)c2s1.[HH].[HH]. The number of methoxy groups -OCH3 is 1. The van der Waals surface area contributed by atoms with E-state index in [2.05, 4.69) is 20.4 Å². The van der Waals surface area contributed by atoms with Crippen LogP contribution in [0.15, 0.2) is 43.0 Å². The molecular formula is C19H20N6O3S. The van der Waals surface area contributed by atoms with Gasteiger partial charge in [-0.2, -0.15) is 5.10 Å². The molecule has 0 bridgehead atoms. The Kier molecular flexibility index (Phi) is 4.69. The Hall–Kier alpha value is -3.79. The molecule has 2 amide bonds. The van der Waals surface area contributed by atoms with Gasteiger partial charge in [0, 0.05) is 21.4 Å². The lowest BCUT2D eigenvalue weighted by molar-refractivity contribution is 0.0996. The Bertz CT molecular complexity index is 1260. The molecule has 0 unspecified atom stereocenters. The summed E-state index contributed by atoms with van der Waals surface area (Å²) < 4.78 is 6.95. The monoisotopic (exact) mass is 412 g/mol. The number of carbonyl (C=O) groups is 2. The average Bonchev–Trinajstić information content (AvgIpc) is 3.30. The molecule has 29 heavy (non-hydrogen) atoms. The van der Waals surface area contributed by atoms with Crippen LogP contribution in [0.1, 0.15) is 29.3 Å². The lowest BCUT2D eigenvalue weighted by Gasteiger charge is -2.08. The highest BCUT2D eigenvalue weighted by Gasteiger charge is 2.19. The Morgan fingerprint density at radius 1 is 1.31 bits per heavy atom. The van der Waals surface area contributed by atoms with Gasteiger partial charge in [0.15, 0.2) is 0 Å². The number of nitrogens with zero attached hydrogens (tertiary/aromatic N) is 4. The van der Waals surface area contributed by atoms with E-state index >= 15 is 0 Å². The summed E-state index contributed by atoms with van der Waals surface area (Å²) in [6.07, 6.45) is 6.33. The summed E-state index contributed by atoms with van der Waals surface area (Å²) in [7, 11) is 1.56. The van der Waals surface area contributed by atoms with Gasteiger partial charge in [-0.15, -0.1) is 11.3 Å². The topological polar surface area (TPSA) is 124 Å². The average molecular weight is 412 g/mol. The third-order valence-corrected chi connectivity index (χ3v) is 5.44. The van der Waals surface area contributed by atoms with Gasteiger partial charge in [-0.3, -0.25) is 14.6 Å². The highest BCUT2D eigenvalue weighted by Crippen LogP contribution is 2.35. The molecule has 4 aromatic heterocycles. The van der Waals surface area contributed by atoms with E-state index in [0.717, 1.165) is 10.4 Å². The minimum absolute atomic E-state index is 0. The van der Waals surface area contributed by atoms with E-state index in [0.29, 0.717) is 27.7 Å². The van der Waals surface area contributed by atoms with Crippen LogP contribution in [0.3, 0.4) is 0 Å². The molecule has 0 spiro atoms. The Morgan fingerprint density at radius 3 is 2.90 bits per heavy atom. The fourth-order valence-electron chi connectivity index (χ4n) is 2.79. The molecule has 3 N–H and O–H groups in total. The number of aromatic nitrogens is 4. The first-order valence-corrected chi connectivity index (χ1v) is 9.34. The van der Waals surface area contributed by atoms with Gasteiger partial charge in [0.2, 0.25) is 11.8 Å². The minimum Gasteiger partial charge on any atom is -0.481 e. The highest BCUT2D eigenvalue weighted by molar-refractivity contribution is 7.21. The van der Waals surface area contributed by atoms with Crippen molar-refractivity contribution in [3.8, 4) is 16.3 Å². The number of rotatable bonds is 5. The summed E-state index contributed by atoms with van der Waals surface area (Å²) in [6.45, 7) is 1.73. The summed E-state index contributed by atoms with van der Waals surface area (Å²) >= 11 is 1.39. The van der Waals surface area contributed by atoms with Gasteiger partial charge in [0.05, 0.1) is 46.3 Å². The second kappa shape index (κ2) is 7.32. The zero-order chi connectivity index (χ0) is 20.5. The molecular weight excluding hydrogens is 392 g/mol. The molecule has 0 atom stereocenters. The molecule has 4 rings (SSSR count). The first kappa shape index (κ1) is 18.6. The van der Waals surface area contributed by atoms with Crippen LogP contribution in [-0.2, 0) is 0 Å². The quantitative estimate of drug-likeness (QED) is 0.519. The number of primary amides is 1. The van der Waals surface area contributed by atoms with Crippen LogP contribution in [-0.4, -0.2) is 38.5 Å². The largest absolute Gasteiger partial charge is 0.481 e. The number of ether oxygens (including phenoxy) is 1. The summed E-state index contributed by atoms with van der Waals surface area (Å²) in [5.41, 5.74) is 7.70. The maximum absolute atomic E-state index is 12.9. The lowest BCUT2D eigenvalue weighted by atomic mass is 10.2. The molecule has 0 aliphatic rings. The molecule has 9 nitrogen and oxygen atoms in total. The molecule has 0 fully saturated rings. The maximum Gasteiger partial charge on any atom is 0.260 e. The fourth-order valence-corrected chi connectivity index (χ4v) is 3.87. The van der Waals surface area contributed by atoms with Crippen molar-refractivity contribution in [1.29, 1.82) is 0 Å². The molecule has 0 aromatic carbocycles. The van der Waals surface area contributed by atoms with E-state index in [9.17, 15) is 9.59 Å². The smallest absolute Gasteiger partial charge is 0.260 e. The summed E-state index contributed by atoms with van der Waals surface area (Å²) in [4.78, 5) is 34.1. The van der Waals surface area contributed by atoms with Crippen LogP contribution in [0.2, 0.25) is 0 Å². The van der Waals surface area contributed by atoms with Gasteiger partial charge in [-0.05, 0) is 25.1 Å². The third kappa shape index (κ3) is 3.41. The van der Waals surface area contributed by atoms with Crippen LogP contribution < -0.4 is 15.8 Å². The van der Waals surface area contributed by atoms with E-state index in [1.807, 2.05) is 18.3 Å². The predicted molar refractivity (Wildman–Crippen MR) is 113 cm³/mol. The van der Waals surface area contributed by atoms with Gasteiger partial charge in [-0.1, -0.05) is 0 Å². The van der Waals surface area contributed by atoms with Crippen LogP contribution in [0, 0.1) is 6.92 Å². The molecule has 4 heterocycles. The highest BCUT2D eigenvalue weighted by atomic mass is 32.1. The Balaban J connectivity index is 0.00000171. The fraction of sp³-hybridized carbons (Fsp3) is 0.105. The van der Waals surface area contributed by atoms with Gasteiger partial charge in [-0.25, -0.2) is 9.50 Å². The number of carbonyl (C=O) groups excluding carboxylic acids is 2. The van der Waals surface area contributed by atoms with Crippen molar-refractivity contribution in [2.45, 2.75) is 6.92 Å². The number of thiazole rings is 1. The standard InChI is InChI=1S/C19H16N6O3S.2H2/c1-10-14(6-11(7-22-10)16(20)26)24-17(27)13-8-23-25-9-15(29-19(13)25)12-4-3-5-21-18(12)28-2;;/h3-9H,1-2H3,(H2,20,26)(H,24,27);2*1H. The van der Waals surface area contributed by atoms with Crippen molar-refractivity contribution in [2.24, 2.45) is 5.73 Å². The molecule has 0 saturated carbocycles. The number of hydrogen-bond donors (Lipinski definition) is 2. The van der Waals surface area contributed by atoms with E-state index in [4.69, 9.17) is 10.5 Å². The normalized spacial score (nSPS) is 10.8. The first-order chi connectivity index (χ1) is 14.0. The molecule has 150 valence electrons. The van der Waals surface area contributed by atoms with Crippen LogP contribution in [0.4, 0.5) is 5.69 Å². The van der Waals surface area contributed by atoms with Crippen molar-refractivity contribution in [3.63, 3.8) is 0 Å². The number of nitrogens with two attached hydrogens (primary N) is 1. The van der Waals surface area contributed by atoms with E-state index in [1.54, 1.807) is 24.7 Å². The Morgan fingerprint density at radius 2 is 2.14 bits per heavy atom. The molecule has 0 radical (unpaired) electrons. The van der Waals surface area contributed by atoms with Gasteiger partial charge >= 0.3 is 0 Å². The summed E-state index contributed by atoms with van der Waals surface area (Å²) in [5.74, 6) is -0.486. The molecule has 0 aliphatic heterocycles. The lowest BCUT2D eigenvalue weighted by Crippen LogP contribution is -2.16. The first-order valence-electron chi connectivity index (χ1n) is 8.52. The number of fused-ring (bicyclic) bond motifs is 1. The van der Waals surface area contributed by atoms with E-state index < -0.39 is 5.91 Å². The van der Waals surface area contributed by atoms with Crippen molar-refractivity contribution >= 4 is 33.7 Å². The summed E-state index contributed by atoms with van der Waals surface area (Å²) in [5, 5.41) is 7.05. The summed E-state index contributed by atoms with van der Waals surface area (Å²) in [6, 6.07) is 5.21. The zero-order valence-corrected chi connectivity index (χ0v) is 16.4. The number of anilines is 1. The van der Waals surface area contributed by atoms with Crippen molar-refractivity contribution in [1.82, 2.24) is 19.6 Å². The van der Waals surface area contributed by atoms with Gasteiger partial charge in [0.25, 0.3) is 5.91 Å². The second-order valence-electron chi connectivity index (χ2n) is 6.14. The zero-order valence-electron chi connectivity index (χ0n) is 15.5. The van der Waals surface area contributed by atoms with Crippen LogP contribution in [0.25, 0.3) is 15.3 Å². The molecule has 0 saturated heterocycles. The van der Waals surface area contributed by atoms with Gasteiger partial charge < -0.3 is 15.8 Å². The second-order valence-corrected chi connectivity index (χ2v) is 7.17. The van der Waals surface area contributed by atoms with Crippen LogP contribution >= 0.6 is 11.3 Å². The minimum atomic E-state index is -0.616. The van der Waals surface area contributed by atoms with Crippen molar-refractivity contribution in [2.75, 3.05) is 12.4 Å². The predicted octanol–water partition coefficient (Wildman–Crippen LogP) is 3.01. The van der Waals surface area contributed by atoms with Crippen LogP contribution in [0.5, 0.6) is 5.88 Å². The number of nitrogens with one attached hydrogen (secondary N) is 1. The third-order valence-electron chi connectivity index (χ3n) is 4.29. The molecule has 0 aliphatic carbocycles. The Labute approximate surface area is 172 Å². The van der Waals surface area contributed by atoms with Crippen molar-refractivity contribution in [3.05, 3.63) is 59.8 Å². The van der Waals surface area contributed by atoms with Gasteiger partial charge in [0.1, 0.15) is 4.83 Å².